The minimum Gasteiger partial charge on any atom is -0.392 e. The predicted molar refractivity (Wildman–Crippen MR) is 91.2 cm³/mol. The lowest BCUT2D eigenvalue weighted by molar-refractivity contribution is -0.114. The van der Waals surface area contributed by atoms with Crippen LogP contribution in [0.5, 0.6) is 0 Å². The standard InChI is InChI=1S/C18H27N3O2/c1-14(22)19-17-9-15(11-20-5-2-3-6-20)8-16(10-17)12-21-7-4-18(23)13-21/h8-10,18,23H,2-7,11-13H2,1H3,(H,19,22). The van der Waals surface area contributed by atoms with Crippen LogP contribution < -0.4 is 5.32 Å². The third-order valence-electron chi connectivity index (χ3n) is 4.63. The molecule has 2 aliphatic heterocycles. The van der Waals surface area contributed by atoms with Crippen LogP contribution in [0.2, 0.25) is 0 Å². The number of anilines is 1. The van der Waals surface area contributed by atoms with E-state index in [-0.39, 0.29) is 12.0 Å². The smallest absolute Gasteiger partial charge is 0.221 e. The summed E-state index contributed by atoms with van der Waals surface area (Å²) in [4.78, 5) is 16.1. The number of aliphatic hydroxyl groups excluding tert-OH is 1. The molecule has 1 aromatic rings. The molecule has 0 radical (unpaired) electrons. The predicted octanol–water partition coefficient (Wildman–Crippen LogP) is 1.81. The summed E-state index contributed by atoms with van der Waals surface area (Å²) in [7, 11) is 0. The molecule has 5 nitrogen and oxygen atoms in total. The van der Waals surface area contributed by atoms with E-state index in [4.69, 9.17) is 0 Å². The quantitative estimate of drug-likeness (QED) is 0.870. The Kier molecular flexibility index (Phi) is 5.30. The summed E-state index contributed by atoms with van der Waals surface area (Å²) in [6.45, 7) is 7.33. The summed E-state index contributed by atoms with van der Waals surface area (Å²) in [5.74, 6) is -0.0362. The molecule has 3 rings (SSSR count). The zero-order valence-electron chi connectivity index (χ0n) is 13.9. The Morgan fingerprint density at radius 2 is 1.78 bits per heavy atom. The van der Waals surface area contributed by atoms with Crippen molar-refractivity contribution in [2.75, 3.05) is 31.5 Å². The SMILES string of the molecule is CC(=O)Nc1cc(CN2CCCC2)cc(CN2CCC(O)C2)c1. The zero-order chi connectivity index (χ0) is 16.2. The Morgan fingerprint density at radius 1 is 1.13 bits per heavy atom. The summed E-state index contributed by atoms with van der Waals surface area (Å²) >= 11 is 0. The van der Waals surface area contributed by atoms with Gasteiger partial charge in [-0.25, -0.2) is 0 Å². The number of carbonyl (C=O) groups excluding carboxylic acids is 1. The summed E-state index contributed by atoms with van der Waals surface area (Å²) in [6, 6.07) is 6.38. The van der Waals surface area contributed by atoms with Crippen LogP contribution in [0.25, 0.3) is 0 Å². The van der Waals surface area contributed by atoms with Crippen LogP contribution in [-0.4, -0.2) is 53.1 Å². The van der Waals surface area contributed by atoms with E-state index in [0.29, 0.717) is 0 Å². The van der Waals surface area contributed by atoms with E-state index in [0.717, 1.165) is 51.4 Å². The first-order valence-electron chi connectivity index (χ1n) is 8.62. The van der Waals surface area contributed by atoms with E-state index in [1.54, 1.807) is 6.92 Å². The van der Waals surface area contributed by atoms with E-state index < -0.39 is 0 Å². The van der Waals surface area contributed by atoms with Crippen LogP contribution in [-0.2, 0) is 17.9 Å². The Bertz CT molecular complexity index is 555. The van der Waals surface area contributed by atoms with Gasteiger partial charge in [0.15, 0.2) is 0 Å². The van der Waals surface area contributed by atoms with Gasteiger partial charge in [0.1, 0.15) is 0 Å². The lowest BCUT2D eigenvalue weighted by atomic mass is 10.1. The minimum absolute atomic E-state index is 0.0362. The number of hydrogen-bond donors (Lipinski definition) is 2. The number of likely N-dealkylation sites (tertiary alicyclic amines) is 2. The molecule has 2 aliphatic rings. The molecular formula is C18H27N3O2. The first-order chi connectivity index (χ1) is 11.1. The van der Waals surface area contributed by atoms with Crippen molar-refractivity contribution in [3.63, 3.8) is 0 Å². The number of aliphatic hydroxyl groups is 1. The Hall–Kier alpha value is -1.43. The number of carbonyl (C=O) groups is 1. The molecule has 23 heavy (non-hydrogen) atoms. The highest BCUT2D eigenvalue weighted by atomic mass is 16.3. The van der Waals surface area contributed by atoms with Gasteiger partial charge in [-0.1, -0.05) is 6.07 Å². The maximum Gasteiger partial charge on any atom is 0.221 e. The first kappa shape index (κ1) is 16.4. The number of hydrogen-bond acceptors (Lipinski definition) is 4. The highest BCUT2D eigenvalue weighted by Crippen LogP contribution is 2.21. The van der Waals surface area contributed by atoms with Crippen molar-refractivity contribution in [1.29, 1.82) is 0 Å². The Balaban J connectivity index is 1.74. The van der Waals surface area contributed by atoms with Crippen LogP contribution in [0, 0.1) is 0 Å². The van der Waals surface area contributed by atoms with E-state index in [9.17, 15) is 9.90 Å². The monoisotopic (exact) mass is 317 g/mol. The van der Waals surface area contributed by atoms with Crippen molar-refractivity contribution in [3.05, 3.63) is 29.3 Å². The van der Waals surface area contributed by atoms with E-state index >= 15 is 0 Å². The van der Waals surface area contributed by atoms with Crippen LogP contribution in [0.4, 0.5) is 5.69 Å². The van der Waals surface area contributed by atoms with Crippen LogP contribution in [0.15, 0.2) is 18.2 Å². The second-order valence-corrected chi connectivity index (χ2v) is 6.88. The number of nitrogens with zero attached hydrogens (tertiary/aromatic N) is 2. The molecular weight excluding hydrogens is 290 g/mol. The summed E-state index contributed by atoms with van der Waals surface area (Å²) in [5.41, 5.74) is 3.34. The average molecular weight is 317 g/mol. The van der Waals surface area contributed by atoms with Crippen LogP contribution in [0.3, 0.4) is 0 Å². The van der Waals surface area contributed by atoms with Crippen LogP contribution in [0.1, 0.15) is 37.3 Å². The van der Waals surface area contributed by atoms with Gasteiger partial charge in [0.05, 0.1) is 6.10 Å². The molecule has 1 atom stereocenters. The number of amides is 1. The Labute approximate surface area is 138 Å². The summed E-state index contributed by atoms with van der Waals surface area (Å²) in [6.07, 6.45) is 3.22. The molecule has 5 heteroatoms. The zero-order valence-corrected chi connectivity index (χ0v) is 13.9. The van der Waals surface area contributed by atoms with Crippen molar-refractivity contribution < 1.29 is 9.90 Å². The molecule has 2 heterocycles. The third-order valence-corrected chi connectivity index (χ3v) is 4.63. The second kappa shape index (κ2) is 7.43. The van der Waals surface area contributed by atoms with E-state index in [1.807, 2.05) is 0 Å². The first-order valence-corrected chi connectivity index (χ1v) is 8.62. The van der Waals surface area contributed by atoms with Gasteiger partial charge in [0.2, 0.25) is 5.91 Å². The van der Waals surface area contributed by atoms with Crippen molar-refractivity contribution in [2.24, 2.45) is 0 Å². The van der Waals surface area contributed by atoms with Gasteiger partial charge in [-0.2, -0.15) is 0 Å². The van der Waals surface area contributed by atoms with Gasteiger partial charge in [-0.15, -0.1) is 0 Å². The maximum absolute atomic E-state index is 11.4. The molecule has 0 aromatic heterocycles. The molecule has 0 aliphatic carbocycles. The van der Waals surface area contributed by atoms with Gasteiger partial charge < -0.3 is 10.4 Å². The van der Waals surface area contributed by atoms with Crippen LogP contribution >= 0.6 is 0 Å². The fraction of sp³-hybridized carbons (Fsp3) is 0.611. The Morgan fingerprint density at radius 3 is 2.35 bits per heavy atom. The number of benzene rings is 1. The van der Waals surface area contributed by atoms with Crippen molar-refractivity contribution in [1.82, 2.24) is 9.80 Å². The van der Waals surface area contributed by atoms with E-state index in [1.165, 1.54) is 24.0 Å². The largest absolute Gasteiger partial charge is 0.392 e. The lowest BCUT2D eigenvalue weighted by Crippen LogP contribution is -2.22. The number of β-amino-alcohol motifs (C(OH)–C–C–N with tert-alkyl or cyclic N) is 1. The lowest BCUT2D eigenvalue weighted by Gasteiger charge is -2.19. The molecule has 2 saturated heterocycles. The summed E-state index contributed by atoms with van der Waals surface area (Å²) in [5, 5.41) is 12.6. The third kappa shape index (κ3) is 4.77. The van der Waals surface area contributed by atoms with Crippen molar-refractivity contribution in [3.8, 4) is 0 Å². The van der Waals surface area contributed by atoms with Gasteiger partial charge in [0, 0.05) is 38.8 Å². The minimum atomic E-state index is -0.197. The highest BCUT2D eigenvalue weighted by Gasteiger charge is 2.20. The fourth-order valence-corrected chi connectivity index (χ4v) is 3.63. The molecule has 2 fully saturated rings. The molecule has 0 spiro atoms. The van der Waals surface area contributed by atoms with E-state index in [2.05, 4.69) is 33.3 Å². The number of rotatable bonds is 5. The molecule has 126 valence electrons. The second-order valence-electron chi connectivity index (χ2n) is 6.88. The normalized spacial score (nSPS) is 22.6. The topological polar surface area (TPSA) is 55.8 Å². The number of nitrogens with one attached hydrogen (secondary N) is 1. The fourth-order valence-electron chi connectivity index (χ4n) is 3.63. The molecule has 1 aromatic carbocycles. The van der Waals surface area contributed by atoms with Crippen molar-refractivity contribution in [2.45, 2.75) is 45.4 Å². The average Bonchev–Trinajstić information content (AvgIpc) is 3.10. The molecule has 0 saturated carbocycles. The molecule has 1 amide bonds. The van der Waals surface area contributed by atoms with Gasteiger partial charge in [-0.05, 0) is 55.6 Å². The molecule has 2 N–H and O–H groups in total. The van der Waals surface area contributed by atoms with Gasteiger partial charge in [0.25, 0.3) is 0 Å². The summed E-state index contributed by atoms with van der Waals surface area (Å²) < 4.78 is 0. The van der Waals surface area contributed by atoms with Gasteiger partial charge >= 0.3 is 0 Å². The highest BCUT2D eigenvalue weighted by molar-refractivity contribution is 5.88. The van der Waals surface area contributed by atoms with Gasteiger partial charge in [-0.3, -0.25) is 14.6 Å². The van der Waals surface area contributed by atoms with Crippen molar-refractivity contribution >= 4 is 11.6 Å². The molecule has 0 bridgehead atoms. The maximum atomic E-state index is 11.4. The molecule has 1 unspecified atom stereocenters.